The van der Waals surface area contributed by atoms with Crippen molar-refractivity contribution in [2.45, 2.75) is 13.1 Å². The molecule has 2 heterocycles. The van der Waals surface area contributed by atoms with Crippen LogP contribution in [0.1, 0.15) is 0 Å². The molecule has 0 saturated carbocycles. The number of aryl methyl sites for hydroxylation is 2. The highest BCUT2D eigenvalue weighted by Crippen LogP contribution is 2.04. The van der Waals surface area contributed by atoms with Crippen molar-refractivity contribution in [3.05, 3.63) is 51.6 Å². The van der Waals surface area contributed by atoms with Gasteiger partial charge in [-0.3, -0.25) is 9.48 Å². The Morgan fingerprint density at radius 3 is 2.93 bits per heavy atom. The van der Waals surface area contributed by atoms with Crippen molar-refractivity contribution in [3.8, 4) is 0 Å². The van der Waals surface area contributed by atoms with Crippen molar-refractivity contribution in [1.29, 1.82) is 0 Å². The van der Waals surface area contributed by atoms with Crippen LogP contribution in [0, 0.1) is 0 Å². The zero-order chi connectivity index (χ0) is 10.7. The Kier molecular flexibility index (Phi) is 3.01. The smallest absolute Gasteiger partial charge is 0.250 e. The van der Waals surface area contributed by atoms with E-state index >= 15 is 0 Å². The molecular formula is C10H10BrN3O. The van der Waals surface area contributed by atoms with E-state index in [0.29, 0.717) is 13.1 Å². The van der Waals surface area contributed by atoms with Crippen molar-refractivity contribution in [2.24, 2.45) is 0 Å². The second kappa shape index (κ2) is 4.44. The van der Waals surface area contributed by atoms with E-state index < -0.39 is 0 Å². The van der Waals surface area contributed by atoms with Gasteiger partial charge in [-0.15, -0.1) is 0 Å². The molecule has 0 bridgehead atoms. The largest absolute Gasteiger partial charge is 0.313 e. The number of halogens is 1. The van der Waals surface area contributed by atoms with Crippen LogP contribution in [0.25, 0.3) is 0 Å². The summed E-state index contributed by atoms with van der Waals surface area (Å²) in [6.07, 6.45) is 5.39. The summed E-state index contributed by atoms with van der Waals surface area (Å²) in [6, 6.07) is 5.16. The first-order chi connectivity index (χ1) is 7.25. The van der Waals surface area contributed by atoms with Crippen molar-refractivity contribution >= 4 is 15.9 Å². The third-order valence-corrected chi connectivity index (χ3v) is 2.55. The molecule has 0 fully saturated rings. The van der Waals surface area contributed by atoms with Gasteiger partial charge in [0, 0.05) is 35.7 Å². The molecule has 2 aromatic rings. The van der Waals surface area contributed by atoms with Crippen LogP contribution in [-0.4, -0.2) is 14.3 Å². The van der Waals surface area contributed by atoms with Crippen LogP contribution in [0.5, 0.6) is 0 Å². The van der Waals surface area contributed by atoms with Crippen LogP contribution in [0.2, 0.25) is 0 Å². The minimum Gasteiger partial charge on any atom is -0.313 e. The zero-order valence-electron chi connectivity index (χ0n) is 8.01. The summed E-state index contributed by atoms with van der Waals surface area (Å²) in [6.45, 7) is 1.32. The average Bonchev–Trinajstić information content (AvgIpc) is 2.72. The normalized spacial score (nSPS) is 10.5. The molecule has 0 saturated heterocycles. The van der Waals surface area contributed by atoms with E-state index in [9.17, 15) is 4.79 Å². The molecule has 0 spiro atoms. The van der Waals surface area contributed by atoms with Gasteiger partial charge in [0.05, 0.1) is 6.54 Å². The summed E-state index contributed by atoms with van der Waals surface area (Å²) in [5.41, 5.74) is 0.00496. The molecule has 0 aliphatic rings. The quantitative estimate of drug-likeness (QED) is 0.846. The molecule has 0 unspecified atom stereocenters. The molecule has 0 aliphatic carbocycles. The number of hydrogen-bond donors (Lipinski definition) is 0. The first kappa shape index (κ1) is 10.2. The minimum atomic E-state index is 0.00496. The van der Waals surface area contributed by atoms with E-state index in [1.807, 2.05) is 12.3 Å². The lowest BCUT2D eigenvalue weighted by atomic mass is 10.4. The van der Waals surface area contributed by atoms with E-state index in [-0.39, 0.29) is 5.56 Å². The van der Waals surface area contributed by atoms with E-state index in [1.165, 1.54) is 0 Å². The Morgan fingerprint density at radius 2 is 2.20 bits per heavy atom. The molecule has 0 atom stereocenters. The molecule has 5 heteroatoms. The highest BCUT2D eigenvalue weighted by molar-refractivity contribution is 9.10. The van der Waals surface area contributed by atoms with Gasteiger partial charge in [-0.25, -0.2) is 0 Å². The Labute approximate surface area is 95.3 Å². The summed E-state index contributed by atoms with van der Waals surface area (Å²) < 4.78 is 4.36. The zero-order valence-corrected chi connectivity index (χ0v) is 9.59. The summed E-state index contributed by atoms with van der Waals surface area (Å²) in [5.74, 6) is 0. The lowest BCUT2D eigenvalue weighted by molar-refractivity contribution is 0.523. The van der Waals surface area contributed by atoms with Crippen molar-refractivity contribution in [3.63, 3.8) is 0 Å². The fraction of sp³-hybridized carbons (Fsp3) is 0.200. The SMILES string of the molecule is O=c1ccc(Br)cn1CCn1cccn1. The topological polar surface area (TPSA) is 39.8 Å². The van der Waals surface area contributed by atoms with E-state index in [1.54, 1.807) is 33.8 Å². The van der Waals surface area contributed by atoms with Gasteiger partial charge in [-0.2, -0.15) is 5.10 Å². The first-order valence-corrected chi connectivity index (χ1v) is 5.38. The summed E-state index contributed by atoms with van der Waals surface area (Å²) in [7, 11) is 0. The molecule has 0 aliphatic heterocycles. The first-order valence-electron chi connectivity index (χ1n) is 4.59. The summed E-state index contributed by atoms with van der Waals surface area (Å²) in [4.78, 5) is 11.4. The highest BCUT2D eigenvalue weighted by Gasteiger charge is 1.97. The molecule has 0 amide bonds. The Bertz CT molecular complexity index is 490. The second-order valence-corrected chi connectivity index (χ2v) is 4.06. The third kappa shape index (κ3) is 2.56. The van der Waals surface area contributed by atoms with Gasteiger partial charge >= 0.3 is 0 Å². The van der Waals surface area contributed by atoms with Crippen LogP contribution in [0.15, 0.2) is 46.1 Å². The van der Waals surface area contributed by atoms with Gasteiger partial charge in [0.15, 0.2) is 0 Å². The van der Waals surface area contributed by atoms with E-state index in [0.717, 1.165) is 4.47 Å². The molecular weight excluding hydrogens is 258 g/mol. The average molecular weight is 268 g/mol. The molecule has 78 valence electrons. The van der Waals surface area contributed by atoms with Crippen molar-refractivity contribution in [2.75, 3.05) is 0 Å². The summed E-state index contributed by atoms with van der Waals surface area (Å²) >= 11 is 3.33. The fourth-order valence-corrected chi connectivity index (χ4v) is 1.70. The number of rotatable bonds is 3. The lowest BCUT2D eigenvalue weighted by Gasteiger charge is -2.05. The van der Waals surface area contributed by atoms with Crippen LogP contribution < -0.4 is 5.56 Å². The number of nitrogens with zero attached hydrogens (tertiary/aromatic N) is 3. The molecule has 15 heavy (non-hydrogen) atoms. The molecule has 2 rings (SSSR count). The Hall–Kier alpha value is -1.36. The third-order valence-electron chi connectivity index (χ3n) is 2.08. The summed E-state index contributed by atoms with van der Waals surface area (Å²) in [5, 5.41) is 4.07. The molecule has 0 aromatic carbocycles. The van der Waals surface area contributed by atoms with E-state index in [2.05, 4.69) is 21.0 Å². The van der Waals surface area contributed by atoms with Gasteiger partial charge in [0.2, 0.25) is 0 Å². The van der Waals surface area contributed by atoms with Gasteiger partial charge in [-0.05, 0) is 28.1 Å². The van der Waals surface area contributed by atoms with E-state index in [4.69, 9.17) is 0 Å². The molecule has 0 radical (unpaired) electrons. The van der Waals surface area contributed by atoms with Gasteiger partial charge in [0.1, 0.15) is 0 Å². The van der Waals surface area contributed by atoms with Crippen molar-refractivity contribution in [1.82, 2.24) is 14.3 Å². The Morgan fingerprint density at radius 1 is 1.33 bits per heavy atom. The van der Waals surface area contributed by atoms with Gasteiger partial charge in [0.25, 0.3) is 5.56 Å². The number of hydrogen-bond acceptors (Lipinski definition) is 2. The fourth-order valence-electron chi connectivity index (χ4n) is 1.32. The van der Waals surface area contributed by atoms with Gasteiger partial charge in [-0.1, -0.05) is 0 Å². The van der Waals surface area contributed by atoms with Crippen LogP contribution >= 0.6 is 15.9 Å². The maximum absolute atomic E-state index is 11.4. The molecule has 4 nitrogen and oxygen atoms in total. The maximum atomic E-state index is 11.4. The van der Waals surface area contributed by atoms with Crippen molar-refractivity contribution < 1.29 is 0 Å². The Balaban J connectivity index is 2.11. The van der Waals surface area contributed by atoms with Crippen LogP contribution in [-0.2, 0) is 13.1 Å². The second-order valence-electron chi connectivity index (χ2n) is 3.15. The van der Waals surface area contributed by atoms with Crippen LogP contribution in [0.4, 0.5) is 0 Å². The minimum absolute atomic E-state index is 0.00496. The predicted octanol–water partition coefficient (Wildman–Crippen LogP) is 1.51. The lowest BCUT2D eigenvalue weighted by Crippen LogP contribution is -2.21. The molecule has 0 N–H and O–H groups in total. The van der Waals surface area contributed by atoms with Crippen LogP contribution in [0.3, 0.4) is 0 Å². The predicted molar refractivity (Wildman–Crippen MR) is 60.6 cm³/mol. The number of pyridine rings is 1. The number of aromatic nitrogens is 3. The highest BCUT2D eigenvalue weighted by atomic mass is 79.9. The molecule has 2 aromatic heterocycles. The van der Waals surface area contributed by atoms with Gasteiger partial charge < -0.3 is 4.57 Å². The maximum Gasteiger partial charge on any atom is 0.250 e. The monoisotopic (exact) mass is 267 g/mol. The standard InChI is InChI=1S/C10H10BrN3O/c11-9-2-3-10(15)13(8-9)6-7-14-5-1-4-12-14/h1-5,8H,6-7H2.